The van der Waals surface area contributed by atoms with Crippen LogP contribution in [0.3, 0.4) is 0 Å². The first-order valence-corrected chi connectivity index (χ1v) is 10.1. The average molecular weight is 396 g/mol. The van der Waals surface area contributed by atoms with Crippen LogP contribution in [0.15, 0.2) is 30.6 Å². The highest BCUT2D eigenvalue weighted by Gasteiger charge is 2.30. The van der Waals surface area contributed by atoms with Gasteiger partial charge >= 0.3 is 5.97 Å². The number of carbonyl (C=O) groups excluding carboxylic acids is 1. The third kappa shape index (κ3) is 4.62. The molecule has 10 nitrogen and oxygen atoms in total. The van der Waals surface area contributed by atoms with Crippen molar-refractivity contribution in [1.29, 1.82) is 0 Å². The Morgan fingerprint density at radius 3 is 2.85 bits per heavy atom. The minimum Gasteiger partial charge on any atom is -0.480 e. The van der Waals surface area contributed by atoms with Crippen molar-refractivity contribution in [2.45, 2.75) is 6.10 Å². The molecule has 1 fully saturated rings. The number of aliphatic carboxylic acids is 1. The van der Waals surface area contributed by atoms with Crippen LogP contribution in [0.2, 0.25) is 0 Å². The van der Waals surface area contributed by atoms with Crippen LogP contribution in [-0.2, 0) is 19.6 Å². The van der Waals surface area contributed by atoms with Gasteiger partial charge in [-0.05, 0) is 12.1 Å². The number of carbonyl (C=O) groups is 2. The summed E-state index contributed by atoms with van der Waals surface area (Å²) < 4.78 is 31.7. The number of amides is 1. The number of hydrogen-bond donors (Lipinski definition) is 1. The molecule has 3 rings (SSSR count). The molecule has 2 aromatic rings. The molecule has 1 saturated heterocycles. The highest BCUT2D eigenvalue weighted by molar-refractivity contribution is 7.88. The lowest BCUT2D eigenvalue weighted by molar-refractivity contribution is -0.137. The van der Waals surface area contributed by atoms with Crippen molar-refractivity contribution in [3.63, 3.8) is 0 Å². The van der Waals surface area contributed by atoms with E-state index in [1.165, 1.54) is 4.90 Å². The summed E-state index contributed by atoms with van der Waals surface area (Å²) in [6.07, 6.45) is 3.75. The van der Waals surface area contributed by atoms with E-state index in [-0.39, 0.29) is 31.3 Å². The Balaban J connectivity index is 1.71. The summed E-state index contributed by atoms with van der Waals surface area (Å²) in [5, 5.41) is 8.91. The van der Waals surface area contributed by atoms with Crippen LogP contribution < -0.4 is 0 Å². The van der Waals surface area contributed by atoms with Crippen LogP contribution in [0.1, 0.15) is 10.5 Å². The second-order valence-corrected chi connectivity index (χ2v) is 8.27. The predicted octanol–water partition coefficient (Wildman–Crippen LogP) is -0.478. The van der Waals surface area contributed by atoms with Gasteiger partial charge in [-0.25, -0.2) is 13.4 Å². The summed E-state index contributed by atoms with van der Waals surface area (Å²) in [6, 6.07) is 5.44. The molecule has 0 radical (unpaired) electrons. The number of carboxylic acid groups (broad SMARTS) is 1. The van der Waals surface area contributed by atoms with Gasteiger partial charge in [-0.15, -0.1) is 0 Å². The number of aromatic nitrogens is 2. The molecule has 0 bridgehead atoms. The molecular formula is C16H20N4O6S. The Labute approximate surface area is 156 Å². The highest BCUT2D eigenvalue weighted by Crippen LogP contribution is 2.13. The van der Waals surface area contributed by atoms with Gasteiger partial charge in [0.1, 0.15) is 17.9 Å². The molecule has 11 heteroatoms. The molecule has 0 unspecified atom stereocenters. The number of fused-ring (bicyclic) bond motifs is 1. The fourth-order valence-corrected chi connectivity index (χ4v) is 3.69. The molecule has 1 aliphatic heterocycles. The minimum atomic E-state index is -3.71. The van der Waals surface area contributed by atoms with Gasteiger partial charge in [0, 0.05) is 32.0 Å². The third-order valence-corrected chi connectivity index (χ3v) is 5.41. The maximum atomic E-state index is 12.7. The lowest BCUT2D eigenvalue weighted by Gasteiger charge is -2.34. The summed E-state index contributed by atoms with van der Waals surface area (Å²) in [5.41, 5.74) is 0.933. The number of hydrogen-bond acceptors (Lipinski definition) is 6. The second-order valence-electron chi connectivity index (χ2n) is 6.29. The number of pyridine rings is 1. The van der Waals surface area contributed by atoms with Crippen molar-refractivity contribution >= 4 is 27.5 Å². The van der Waals surface area contributed by atoms with Crippen LogP contribution >= 0.6 is 0 Å². The SMILES string of the molecule is CS(=O)(=O)N(CC(=O)O)C[C@@H]1CN(C(=O)c2cn3ccccc3n2)CCO1. The molecule has 2 aromatic heterocycles. The van der Waals surface area contributed by atoms with E-state index in [1.807, 2.05) is 12.1 Å². The van der Waals surface area contributed by atoms with Gasteiger partial charge in [-0.1, -0.05) is 6.07 Å². The zero-order valence-electron chi connectivity index (χ0n) is 14.7. The fraction of sp³-hybridized carbons (Fsp3) is 0.438. The van der Waals surface area contributed by atoms with Crippen molar-refractivity contribution < 1.29 is 27.9 Å². The summed E-state index contributed by atoms with van der Waals surface area (Å²) in [5.74, 6) is -1.54. The molecule has 146 valence electrons. The maximum Gasteiger partial charge on any atom is 0.318 e. The third-order valence-electron chi connectivity index (χ3n) is 4.20. The van der Waals surface area contributed by atoms with E-state index in [9.17, 15) is 18.0 Å². The molecule has 0 aromatic carbocycles. The van der Waals surface area contributed by atoms with E-state index in [0.29, 0.717) is 12.2 Å². The topological polar surface area (TPSA) is 122 Å². The van der Waals surface area contributed by atoms with Crippen LogP contribution in [0.25, 0.3) is 5.65 Å². The first kappa shape index (κ1) is 19.3. The van der Waals surface area contributed by atoms with Crippen LogP contribution in [0.4, 0.5) is 0 Å². The molecule has 1 atom stereocenters. The van der Waals surface area contributed by atoms with Crippen LogP contribution in [0.5, 0.6) is 0 Å². The van der Waals surface area contributed by atoms with Crippen molar-refractivity contribution in [2.75, 3.05) is 39.0 Å². The summed E-state index contributed by atoms with van der Waals surface area (Å²) in [4.78, 5) is 29.5. The van der Waals surface area contributed by atoms with Crippen molar-refractivity contribution in [3.8, 4) is 0 Å². The Hall–Kier alpha value is -2.50. The van der Waals surface area contributed by atoms with E-state index < -0.39 is 28.6 Å². The molecule has 3 heterocycles. The van der Waals surface area contributed by atoms with Crippen molar-refractivity contribution in [1.82, 2.24) is 18.6 Å². The van der Waals surface area contributed by atoms with Gasteiger partial charge in [0.2, 0.25) is 10.0 Å². The zero-order valence-corrected chi connectivity index (χ0v) is 15.5. The first-order valence-electron chi connectivity index (χ1n) is 8.25. The van der Waals surface area contributed by atoms with Gasteiger partial charge in [-0.2, -0.15) is 4.31 Å². The monoisotopic (exact) mass is 396 g/mol. The lowest BCUT2D eigenvalue weighted by atomic mass is 10.2. The number of carboxylic acids is 1. The van der Waals surface area contributed by atoms with Crippen LogP contribution in [-0.4, -0.2) is 89.1 Å². The molecular weight excluding hydrogens is 376 g/mol. The number of nitrogens with zero attached hydrogens (tertiary/aromatic N) is 4. The summed E-state index contributed by atoms with van der Waals surface area (Å²) >= 11 is 0. The Bertz CT molecular complexity index is 924. The summed E-state index contributed by atoms with van der Waals surface area (Å²) in [6.45, 7) is -0.0625. The summed E-state index contributed by atoms with van der Waals surface area (Å²) in [7, 11) is -3.71. The Morgan fingerprint density at radius 2 is 2.19 bits per heavy atom. The van der Waals surface area contributed by atoms with Crippen molar-refractivity contribution in [3.05, 3.63) is 36.3 Å². The quantitative estimate of drug-likeness (QED) is 0.700. The zero-order chi connectivity index (χ0) is 19.6. The standard InChI is InChI=1S/C16H20N4O6S/c1-27(24,25)20(11-15(21)22)9-12-8-19(6-7-26-12)16(23)13-10-18-5-3-2-4-14(18)17-13/h2-5,10,12H,6-9,11H2,1H3,(H,21,22)/t12-/m0/s1. The second kappa shape index (κ2) is 7.62. The molecule has 0 spiro atoms. The molecule has 1 aliphatic rings. The molecule has 0 aliphatic carbocycles. The highest BCUT2D eigenvalue weighted by atomic mass is 32.2. The normalized spacial score (nSPS) is 18.1. The average Bonchev–Trinajstić information content (AvgIpc) is 3.04. The lowest BCUT2D eigenvalue weighted by Crippen LogP contribution is -2.51. The molecule has 1 N–H and O–H groups in total. The van der Waals surface area contributed by atoms with E-state index in [0.717, 1.165) is 10.6 Å². The number of morpholine rings is 1. The largest absolute Gasteiger partial charge is 0.480 e. The smallest absolute Gasteiger partial charge is 0.318 e. The van der Waals surface area contributed by atoms with Gasteiger partial charge in [0.25, 0.3) is 5.91 Å². The van der Waals surface area contributed by atoms with E-state index in [4.69, 9.17) is 9.84 Å². The van der Waals surface area contributed by atoms with Gasteiger partial charge in [0.15, 0.2) is 0 Å². The van der Waals surface area contributed by atoms with E-state index in [2.05, 4.69) is 4.98 Å². The Kier molecular flexibility index (Phi) is 5.44. The molecule has 1 amide bonds. The van der Waals surface area contributed by atoms with Gasteiger partial charge in [0.05, 0.1) is 19.0 Å². The number of rotatable bonds is 6. The van der Waals surface area contributed by atoms with Crippen LogP contribution in [0, 0.1) is 0 Å². The maximum absolute atomic E-state index is 12.7. The molecule has 0 saturated carbocycles. The number of imidazole rings is 1. The van der Waals surface area contributed by atoms with Gasteiger partial charge in [-0.3, -0.25) is 9.59 Å². The van der Waals surface area contributed by atoms with E-state index >= 15 is 0 Å². The van der Waals surface area contributed by atoms with Crippen molar-refractivity contribution in [2.24, 2.45) is 0 Å². The first-order chi connectivity index (χ1) is 12.7. The Morgan fingerprint density at radius 1 is 1.41 bits per heavy atom. The number of ether oxygens (including phenoxy) is 1. The molecule has 27 heavy (non-hydrogen) atoms. The van der Waals surface area contributed by atoms with E-state index in [1.54, 1.807) is 22.9 Å². The number of sulfonamides is 1. The fourth-order valence-electron chi connectivity index (χ4n) is 2.91. The minimum absolute atomic E-state index is 0.139. The predicted molar refractivity (Wildman–Crippen MR) is 94.9 cm³/mol. The van der Waals surface area contributed by atoms with Gasteiger partial charge < -0.3 is 19.1 Å².